The van der Waals surface area contributed by atoms with Crippen molar-refractivity contribution in [2.75, 3.05) is 6.61 Å². The van der Waals surface area contributed by atoms with E-state index in [-0.39, 0.29) is 31.1 Å². The van der Waals surface area contributed by atoms with Crippen LogP contribution >= 0.6 is 0 Å². The Morgan fingerprint density at radius 2 is 1.54 bits per heavy atom. The Morgan fingerprint density at radius 3 is 2.08 bits per heavy atom. The zero-order valence-electron chi connectivity index (χ0n) is 23.8. The Labute approximate surface area is 229 Å². The summed E-state index contributed by atoms with van der Waals surface area (Å²) in [5, 5.41) is 0.0323. The average molecular weight is 610 g/mol. The van der Waals surface area contributed by atoms with Gasteiger partial charge in [0, 0.05) is 0 Å². The summed E-state index contributed by atoms with van der Waals surface area (Å²) in [6.07, 6.45) is 0.718. The standard InChI is InChI=1S/C27H42N2O5SeSi2/c1-26(2,3)36(7,8)32-18-20-22(34-37(9,10)27(4,5)6)23(35-19-14-12-11-13-15-19)24(33-20)29-17-16-21(30)28-25(29)31/h11-17,20,22H,18H2,1-10H3,(H,28,30,31)/t20-,22-/m1/s1. The van der Waals surface area contributed by atoms with Gasteiger partial charge in [-0.3, -0.25) is 0 Å². The number of nitrogens with one attached hydrogen (secondary N) is 1. The van der Waals surface area contributed by atoms with E-state index in [1.54, 1.807) is 0 Å². The number of benzene rings is 1. The second-order valence-corrected chi connectivity index (χ2v) is 24.5. The van der Waals surface area contributed by atoms with Crippen LogP contribution in [0.25, 0.3) is 5.88 Å². The van der Waals surface area contributed by atoms with Crippen LogP contribution in [0.5, 0.6) is 0 Å². The Hall–Kier alpha value is -1.69. The second-order valence-electron chi connectivity index (χ2n) is 12.6. The summed E-state index contributed by atoms with van der Waals surface area (Å²) in [6.45, 7) is 22.6. The molecule has 0 radical (unpaired) electrons. The number of hydrogen-bond acceptors (Lipinski definition) is 5. The van der Waals surface area contributed by atoms with Gasteiger partial charge in [0.05, 0.1) is 0 Å². The minimum atomic E-state index is -2.23. The van der Waals surface area contributed by atoms with Crippen molar-refractivity contribution in [3.8, 4) is 0 Å². The molecule has 10 heteroatoms. The topological polar surface area (TPSA) is 82.5 Å². The number of ether oxygens (including phenoxy) is 1. The van der Waals surface area contributed by atoms with Gasteiger partial charge in [-0.1, -0.05) is 0 Å². The van der Waals surface area contributed by atoms with Gasteiger partial charge in [-0.25, -0.2) is 0 Å². The summed E-state index contributed by atoms with van der Waals surface area (Å²) < 4.78 is 23.7. The van der Waals surface area contributed by atoms with E-state index in [0.29, 0.717) is 12.5 Å². The number of rotatable bonds is 8. The van der Waals surface area contributed by atoms with E-state index < -0.39 is 34.0 Å². The first-order chi connectivity index (χ1) is 16.9. The predicted molar refractivity (Wildman–Crippen MR) is 156 cm³/mol. The molecule has 1 aromatic heterocycles. The first-order valence-electron chi connectivity index (χ1n) is 12.7. The molecule has 37 heavy (non-hydrogen) atoms. The fourth-order valence-electron chi connectivity index (χ4n) is 3.28. The summed E-state index contributed by atoms with van der Waals surface area (Å²) in [5.74, 6) is 0.442. The van der Waals surface area contributed by atoms with Gasteiger partial charge in [-0.2, -0.15) is 0 Å². The minimum absolute atomic E-state index is 0.0136. The van der Waals surface area contributed by atoms with Crippen LogP contribution in [0.2, 0.25) is 36.3 Å². The van der Waals surface area contributed by atoms with E-state index in [9.17, 15) is 9.59 Å². The quantitative estimate of drug-likeness (QED) is 0.446. The van der Waals surface area contributed by atoms with Crippen molar-refractivity contribution in [3.63, 3.8) is 0 Å². The average Bonchev–Trinajstić information content (AvgIpc) is 3.08. The van der Waals surface area contributed by atoms with Crippen molar-refractivity contribution in [3.05, 3.63) is 67.9 Å². The zero-order valence-corrected chi connectivity index (χ0v) is 27.5. The first-order valence-corrected chi connectivity index (χ1v) is 20.2. The molecule has 0 fully saturated rings. The molecule has 2 heterocycles. The second kappa shape index (κ2) is 10.8. The summed E-state index contributed by atoms with van der Waals surface area (Å²) >= 11 is -0.176. The van der Waals surface area contributed by atoms with E-state index in [2.05, 4.69) is 84.8 Å². The van der Waals surface area contributed by atoms with Crippen LogP contribution in [0, 0.1) is 0 Å². The van der Waals surface area contributed by atoms with Crippen molar-refractivity contribution in [2.45, 2.75) is 90.0 Å². The Kier molecular flexibility index (Phi) is 8.74. The fourth-order valence-corrected chi connectivity index (χ4v) is 8.04. The van der Waals surface area contributed by atoms with E-state index >= 15 is 0 Å². The maximum atomic E-state index is 12.9. The summed E-state index contributed by atoms with van der Waals surface area (Å²) in [4.78, 5) is 27.0. The zero-order chi connectivity index (χ0) is 27.8. The summed E-state index contributed by atoms with van der Waals surface area (Å²) in [5.41, 5.74) is -0.970. The maximum absolute atomic E-state index is 12.9. The molecule has 1 aromatic carbocycles. The summed E-state index contributed by atoms with van der Waals surface area (Å²) in [6, 6.07) is 11.5. The Balaban J connectivity index is 2.12. The van der Waals surface area contributed by atoms with Crippen molar-refractivity contribution in [1.29, 1.82) is 0 Å². The van der Waals surface area contributed by atoms with Crippen LogP contribution in [-0.4, -0.2) is 60.0 Å². The van der Waals surface area contributed by atoms with Crippen LogP contribution < -0.4 is 15.7 Å². The molecule has 2 aromatic rings. The van der Waals surface area contributed by atoms with Crippen molar-refractivity contribution >= 4 is 41.9 Å². The van der Waals surface area contributed by atoms with Crippen LogP contribution in [0.3, 0.4) is 0 Å². The van der Waals surface area contributed by atoms with Gasteiger partial charge in [0.25, 0.3) is 0 Å². The molecule has 204 valence electrons. The van der Waals surface area contributed by atoms with Crippen LogP contribution in [-0.2, 0) is 13.6 Å². The molecule has 3 rings (SSSR count). The SMILES string of the molecule is CC(C)(C)[Si](C)(C)OC[C@H]1OC(n2ccc(=O)[nH]c2=O)=C([Se]c2ccccc2)[C@@H]1O[Si](C)(C)C(C)(C)C. The fraction of sp³-hybridized carbons (Fsp3) is 0.556. The van der Waals surface area contributed by atoms with Gasteiger partial charge in [0.15, 0.2) is 0 Å². The molecule has 7 nitrogen and oxygen atoms in total. The molecule has 0 spiro atoms. The van der Waals surface area contributed by atoms with E-state index in [4.69, 9.17) is 13.6 Å². The molecule has 0 saturated heterocycles. The van der Waals surface area contributed by atoms with Gasteiger partial charge in [-0.15, -0.1) is 0 Å². The summed E-state index contributed by atoms with van der Waals surface area (Å²) in [7, 11) is -4.30. The molecule has 1 aliphatic heterocycles. The number of H-pyrrole nitrogens is 1. The van der Waals surface area contributed by atoms with Gasteiger partial charge < -0.3 is 0 Å². The number of hydrogen-bond donors (Lipinski definition) is 1. The Morgan fingerprint density at radius 1 is 0.946 bits per heavy atom. The molecule has 0 aliphatic carbocycles. The number of aromatic nitrogens is 2. The molecule has 0 saturated carbocycles. The normalized spacial score (nSPS) is 19.3. The molecule has 2 atom stereocenters. The number of aromatic amines is 1. The first kappa shape index (κ1) is 29.9. The van der Waals surface area contributed by atoms with Crippen LogP contribution in [0.4, 0.5) is 0 Å². The van der Waals surface area contributed by atoms with Crippen LogP contribution in [0.1, 0.15) is 41.5 Å². The molecule has 1 N–H and O–H groups in total. The van der Waals surface area contributed by atoms with E-state index in [1.807, 2.05) is 18.2 Å². The van der Waals surface area contributed by atoms with Crippen molar-refractivity contribution in [1.82, 2.24) is 9.55 Å². The number of nitrogens with zero attached hydrogens (tertiary/aromatic N) is 1. The third kappa shape index (κ3) is 6.85. The van der Waals surface area contributed by atoms with Crippen molar-refractivity contribution < 1.29 is 13.6 Å². The molecular formula is C27H42N2O5SeSi2. The van der Waals surface area contributed by atoms with E-state index in [1.165, 1.54) is 16.8 Å². The molecule has 1 aliphatic rings. The molecule has 0 amide bonds. The molecule has 0 unspecified atom stereocenters. The van der Waals surface area contributed by atoms with E-state index in [0.717, 1.165) is 8.93 Å². The van der Waals surface area contributed by atoms with Gasteiger partial charge in [0.2, 0.25) is 0 Å². The monoisotopic (exact) mass is 610 g/mol. The third-order valence-electron chi connectivity index (χ3n) is 7.73. The van der Waals surface area contributed by atoms with Gasteiger partial charge >= 0.3 is 230 Å². The van der Waals surface area contributed by atoms with Gasteiger partial charge in [0.1, 0.15) is 0 Å². The predicted octanol–water partition coefficient (Wildman–Crippen LogP) is 4.50. The molecule has 0 bridgehead atoms. The van der Waals surface area contributed by atoms with Crippen LogP contribution in [0.15, 0.2) is 56.7 Å². The van der Waals surface area contributed by atoms with Crippen molar-refractivity contribution in [2.24, 2.45) is 0 Å². The third-order valence-corrected chi connectivity index (χ3v) is 19.1. The van der Waals surface area contributed by atoms with Gasteiger partial charge in [-0.05, 0) is 0 Å². The Bertz CT molecular complexity index is 1240. The molecular weight excluding hydrogens is 567 g/mol.